The van der Waals surface area contributed by atoms with Gasteiger partial charge in [-0.05, 0) is 23.8 Å². The van der Waals surface area contributed by atoms with Crippen molar-refractivity contribution < 1.29 is 67.8 Å². The molecule has 0 aromatic heterocycles. The van der Waals surface area contributed by atoms with Gasteiger partial charge in [0, 0.05) is 5.56 Å². The third-order valence-corrected chi connectivity index (χ3v) is 2.33. The molecule has 0 heterocycles. The second kappa shape index (κ2) is 6.33. The van der Waals surface area contributed by atoms with Gasteiger partial charge in [0.15, 0.2) is 0 Å². The van der Waals surface area contributed by atoms with Gasteiger partial charge in [-0.15, -0.1) is 0 Å². The summed E-state index contributed by atoms with van der Waals surface area (Å²) in [6, 6.07) is 13.4. The summed E-state index contributed by atoms with van der Waals surface area (Å²) < 4.78 is 0. The second-order valence-electron chi connectivity index (χ2n) is 3.40. The van der Waals surface area contributed by atoms with Crippen molar-refractivity contribution in [3.8, 4) is 16.9 Å². The number of carboxylic acids is 1. The molecule has 0 unspecified atom stereocenters. The maximum atomic E-state index is 10.8. The maximum Gasteiger partial charge on any atom is 1.00 e. The zero-order valence-corrected chi connectivity index (χ0v) is 12.5. The molecule has 2 rings (SSSR count). The van der Waals surface area contributed by atoms with Gasteiger partial charge in [0.2, 0.25) is 0 Å². The fourth-order valence-electron chi connectivity index (χ4n) is 1.52. The molecule has 2 aromatic carbocycles. The first-order valence-corrected chi connectivity index (χ1v) is 4.80. The predicted molar refractivity (Wildman–Crippen MR) is 61.6 cm³/mol. The summed E-state index contributed by atoms with van der Waals surface area (Å²) >= 11 is 0. The molecule has 0 saturated heterocycles. The number of hydrogen-bond donors (Lipinski definition) is 2. The van der Waals surface area contributed by atoms with Crippen molar-refractivity contribution in [2.45, 2.75) is 0 Å². The molecule has 0 fully saturated rings. The van der Waals surface area contributed by atoms with E-state index < -0.39 is 5.97 Å². The molecule has 0 aliphatic carbocycles. The monoisotopic (exact) mass is 254 g/mol. The van der Waals surface area contributed by atoms with Crippen LogP contribution in [0.5, 0.6) is 5.75 Å². The zero-order valence-electron chi connectivity index (χ0n) is 10.4. The number of rotatable bonds is 2. The largest absolute Gasteiger partial charge is 1.00 e. The minimum atomic E-state index is -1.00. The van der Waals surface area contributed by atoms with Crippen LogP contribution in [-0.2, 0) is 0 Å². The molecular formula is C13H11KO3. The molecule has 3 nitrogen and oxygen atoms in total. The van der Waals surface area contributed by atoms with Crippen LogP contribution >= 0.6 is 0 Å². The second-order valence-corrected chi connectivity index (χ2v) is 3.40. The van der Waals surface area contributed by atoms with Crippen LogP contribution in [0.3, 0.4) is 0 Å². The number of aromatic carboxylic acids is 1. The Balaban J connectivity index is 0.00000144. The molecule has 0 atom stereocenters. The van der Waals surface area contributed by atoms with Crippen molar-refractivity contribution in [2.75, 3.05) is 0 Å². The van der Waals surface area contributed by atoms with Crippen LogP contribution in [0.25, 0.3) is 11.1 Å². The van der Waals surface area contributed by atoms with Crippen molar-refractivity contribution >= 4 is 5.97 Å². The quantitative estimate of drug-likeness (QED) is 0.734. The van der Waals surface area contributed by atoms with E-state index in [1.165, 1.54) is 18.2 Å². The third kappa shape index (κ3) is 3.40. The summed E-state index contributed by atoms with van der Waals surface area (Å²) in [5.74, 6) is -0.923. The molecule has 0 radical (unpaired) electrons. The topological polar surface area (TPSA) is 57.5 Å². The van der Waals surface area contributed by atoms with Crippen molar-refractivity contribution in [2.24, 2.45) is 0 Å². The van der Waals surface area contributed by atoms with E-state index >= 15 is 0 Å². The van der Waals surface area contributed by atoms with Crippen LogP contribution < -0.4 is 51.4 Å². The van der Waals surface area contributed by atoms with E-state index in [0.29, 0.717) is 5.56 Å². The fraction of sp³-hybridized carbons (Fsp3) is 0. The first kappa shape index (κ1) is 14.4. The van der Waals surface area contributed by atoms with Gasteiger partial charge in [-0.1, -0.05) is 30.3 Å². The molecular weight excluding hydrogens is 243 g/mol. The predicted octanol–water partition coefficient (Wildman–Crippen LogP) is -0.126. The summed E-state index contributed by atoms with van der Waals surface area (Å²) in [7, 11) is 0. The number of carbonyl (C=O) groups is 1. The summed E-state index contributed by atoms with van der Waals surface area (Å²) in [5, 5.41) is 18.5. The molecule has 2 aromatic rings. The first-order valence-electron chi connectivity index (χ1n) is 4.80. The molecule has 17 heavy (non-hydrogen) atoms. The summed E-state index contributed by atoms with van der Waals surface area (Å²) in [6.45, 7) is 0. The minimum absolute atomic E-state index is 0. The van der Waals surface area contributed by atoms with Gasteiger partial charge in [-0.3, -0.25) is 0 Å². The normalized spacial score (nSPS) is 9.41. The zero-order chi connectivity index (χ0) is 11.5. The summed E-state index contributed by atoms with van der Waals surface area (Å²) in [5.41, 5.74) is 1.49. The smallest absolute Gasteiger partial charge is 1.00 e. The molecule has 0 aliphatic rings. The van der Waals surface area contributed by atoms with Gasteiger partial charge in [0.1, 0.15) is 5.75 Å². The number of carboxylic acid groups (broad SMARTS) is 1. The number of aromatic hydroxyl groups is 1. The Morgan fingerprint density at radius 2 is 1.71 bits per heavy atom. The van der Waals surface area contributed by atoms with Gasteiger partial charge in [0.05, 0.1) is 5.56 Å². The number of phenolic OH excluding ortho intramolecular Hbond substituents is 1. The van der Waals surface area contributed by atoms with Crippen LogP contribution in [0.2, 0.25) is 0 Å². The van der Waals surface area contributed by atoms with Crippen molar-refractivity contribution in [1.82, 2.24) is 0 Å². The van der Waals surface area contributed by atoms with Gasteiger partial charge in [-0.25, -0.2) is 4.79 Å². The summed E-state index contributed by atoms with van der Waals surface area (Å²) in [4.78, 5) is 10.8. The molecule has 82 valence electrons. The Hall–Kier alpha value is -0.654. The maximum absolute atomic E-state index is 10.8. The van der Waals surface area contributed by atoms with Crippen molar-refractivity contribution in [3.05, 3.63) is 54.1 Å². The Bertz CT molecular complexity index is 529. The van der Waals surface area contributed by atoms with Gasteiger partial charge >= 0.3 is 57.4 Å². The first-order chi connectivity index (χ1) is 7.68. The van der Waals surface area contributed by atoms with E-state index in [9.17, 15) is 9.90 Å². The molecule has 0 saturated carbocycles. The van der Waals surface area contributed by atoms with E-state index in [2.05, 4.69) is 0 Å². The average Bonchev–Trinajstić information content (AvgIpc) is 2.30. The molecule has 0 bridgehead atoms. The van der Waals surface area contributed by atoms with Crippen LogP contribution in [-0.4, -0.2) is 16.2 Å². The van der Waals surface area contributed by atoms with Gasteiger partial charge in [0.25, 0.3) is 0 Å². The minimum Gasteiger partial charge on any atom is -1.00 e. The summed E-state index contributed by atoms with van der Waals surface area (Å²) in [6.07, 6.45) is 0. The molecule has 0 amide bonds. The number of benzene rings is 2. The van der Waals surface area contributed by atoms with Crippen LogP contribution in [0.4, 0.5) is 0 Å². The molecule has 0 spiro atoms. The SMILES string of the molecule is O=C(O)c1ccc(O)c(-c2ccccc2)c1.[H-].[K+]. The van der Waals surface area contributed by atoms with Crippen molar-refractivity contribution in [3.63, 3.8) is 0 Å². The van der Waals surface area contributed by atoms with E-state index in [4.69, 9.17) is 5.11 Å². The van der Waals surface area contributed by atoms with E-state index in [1.54, 1.807) is 0 Å². The standard InChI is InChI=1S/C13H10O3.K.H/c14-12-7-6-10(13(15)16)8-11(12)9-4-2-1-3-5-9;;/h1-8,14H,(H,15,16);;/q;+1;-1. The van der Waals surface area contributed by atoms with Gasteiger partial charge < -0.3 is 11.6 Å². The molecule has 2 N–H and O–H groups in total. The Labute approximate surface area is 143 Å². The third-order valence-electron chi connectivity index (χ3n) is 2.33. The Kier molecular flexibility index (Phi) is 5.36. The van der Waals surface area contributed by atoms with Gasteiger partial charge in [-0.2, -0.15) is 0 Å². The molecule has 0 aliphatic heterocycles. The molecule has 4 heteroatoms. The van der Waals surface area contributed by atoms with E-state index in [0.717, 1.165) is 5.56 Å². The van der Waals surface area contributed by atoms with Crippen LogP contribution in [0.15, 0.2) is 48.5 Å². The van der Waals surface area contributed by atoms with Crippen LogP contribution in [0, 0.1) is 0 Å². The number of phenols is 1. The van der Waals surface area contributed by atoms with E-state index in [-0.39, 0.29) is 64.1 Å². The van der Waals surface area contributed by atoms with E-state index in [1.807, 2.05) is 30.3 Å². The Morgan fingerprint density at radius 1 is 1.06 bits per heavy atom. The fourth-order valence-corrected chi connectivity index (χ4v) is 1.52. The van der Waals surface area contributed by atoms with Crippen LogP contribution in [0.1, 0.15) is 11.8 Å². The number of hydrogen-bond acceptors (Lipinski definition) is 2. The Morgan fingerprint density at radius 3 is 2.29 bits per heavy atom. The van der Waals surface area contributed by atoms with Crippen molar-refractivity contribution in [1.29, 1.82) is 0 Å². The average molecular weight is 254 g/mol.